The smallest absolute Gasteiger partial charge is 0.193 e. The first-order valence-corrected chi connectivity index (χ1v) is 9.38. The Labute approximate surface area is 171 Å². The van der Waals surface area contributed by atoms with E-state index < -0.39 is 0 Å². The maximum atomic E-state index is 6.10. The van der Waals surface area contributed by atoms with E-state index in [1.165, 1.54) is 23.3 Å². The van der Waals surface area contributed by atoms with Crippen LogP contribution in [-0.2, 0) is 0 Å². The summed E-state index contributed by atoms with van der Waals surface area (Å²) in [5.74, 6) is 1.01. The van der Waals surface area contributed by atoms with Crippen molar-refractivity contribution in [2.45, 2.75) is 25.8 Å². The minimum absolute atomic E-state index is 0. The van der Waals surface area contributed by atoms with Gasteiger partial charge >= 0.3 is 0 Å². The van der Waals surface area contributed by atoms with Gasteiger partial charge in [0.25, 0.3) is 0 Å². The maximum absolute atomic E-state index is 6.10. The Morgan fingerprint density at radius 1 is 1.36 bits per heavy atom. The van der Waals surface area contributed by atoms with Crippen LogP contribution in [0.25, 0.3) is 0 Å². The Hall–Kier alpha value is -1.12. The molecule has 0 spiro atoms. The summed E-state index contributed by atoms with van der Waals surface area (Å²) in [7, 11) is 2.22. The first-order valence-electron chi connectivity index (χ1n) is 8.51. The second-order valence-electron chi connectivity index (χ2n) is 6.56. The summed E-state index contributed by atoms with van der Waals surface area (Å²) >= 11 is 1.84. The molecule has 0 amide bonds. The largest absolute Gasteiger partial charge is 0.370 e. The summed E-state index contributed by atoms with van der Waals surface area (Å²) in [5, 5.41) is 5.36. The highest BCUT2D eigenvalue weighted by atomic mass is 127. The van der Waals surface area contributed by atoms with Crippen LogP contribution < -0.4 is 11.1 Å². The van der Waals surface area contributed by atoms with E-state index in [0.29, 0.717) is 17.9 Å². The fourth-order valence-corrected chi connectivity index (χ4v) is 4.47. The Bertz CT molecular complexity index is 686. The van der Waals surface area contributed by atoms with Crippen molar-refractivity contribution in [1.29, 1.82) is 0 Å². The Morgan fingerprint density at radius 2 is 2.20 bits per heavy atom. The molecule has 0 aliphatic carbocycles. The van der Waals surface area contributed by atoms with Crippen LogP contribution in [0.2, 0.25) is 0 Å². The van der Waals surface area contributed by atoms with E-state index in [-0.39, 0.29) is 24.0 Å². The Morgan fingerprint density at radius 3 is 2.92 bits per heavy atom. The number of thiophene rings is 1. The number of nitrogens with one attached hydrogen (secondary N) is 1. The zero-order chi connectivity index (χ0) is 16.9. The van der Waals surface area contributed by atoms with Crippen molar-refractivity contribution in [2.75, 3.05) is 25.5 Å². The third kappa shape index (κ3) is 5.43. The highest BCUT2D eigenvalue weighted by Gasteiger charge is 2.30. The first-order chi connectivity index (χ1) is 11.6. The van der Waals surface area contributed by atoms with Crippen LogP contribution >= 0.6 is 35.3 Å². The molecule has 2 heterocycles. The summed E-state index contributed by atoms with van der Waals surface area (Å²) in [5.41, 5.74) is 8.30. The van der Waals surface area contributed by atoms with Gasteiger partial charge in [-0.25, -0.2) is 0 Å². The minimum Gasteiger partial charge on any atom is -0.370 e. The average Bonchev–Trinajstić information content (AvgIpc) is 3.07. The second kappa shape index (κ2) is 9.54. The number of hydrogen-bond donors (Lipinski definition) is 2. The molecule has 136 valence electrons. The number of rotatable bonds is 4. The molecule has 0 radical (unpaired) electrons. The molecule has 1 saturated heterocycles. The summed E-state index contributed by atoms with van der Waals surface area (Å²) in [6, 6.07) is 13.0. The van der Waals surface area contributed by atoms with Gasteiger partial charge in [0.1, 0.15) is 0 Å². The molecule has 1 aromatic heterocycles. The van der Waals surface area contributed by atoms with Crippen LogP contribution in [0.3, 0.4) is 0 Å². The number of guanidine groups is 1. The average molecular weight is 470 g/mol. The quantitative estimate of drug-likeness (QED) is 0.394. The monoisotopic (exact) mass is 470 g/mol. The number of likely N-dealkylation sites (tertiary alicyclic amines) is 1. The molecule has 3 N–H and O–H groups in total. The van der Waals surface area contributed by atoms with Gasteiger partial charge in [-0.3, -0.25) is 9.89 Å². The third-order valence-electron chi connectivity index (χ3n) is 4.63. The van der Waals surface area contributed by atoms with Crippen molar-refractivity contribution in [3.8, 4) is 0 Å². The van der Waals surface area contributed by atoms with Gasteiger partial charge in [0.2, 0.25) is 0 Å². The number of anilines is 1. The fourth-order valence-electron chi connectivity index (χ4n) is 3.49. The minimum atomic E-state index is 0. The normalized spacial score (nSPS) is 21.6. The Kier molecular flexibility index (Phi) is 7.71. The van der Waals surface area contributed by atoms with Gasteiger partial charge in [0, 0.05) is 23.2 Å². The molecular weight excluding hydrogens is 443 g/mol. The number of hydrogen-bond acceptors (Lipinski definition) is 3. The van der Waals surface area contributed by atoms with E-state index in [0.717, 1.165) is 18.8 Å². The molecule has 1 aliphatic rings. The zero-order valence-corrected chi connectivity index (χ0v) is 18.0. The molecule has 4 nitrogen and oxygen atoms in total. The standard InChI is InChI=1S/C19H26N4S.HI/c1-14-6-3-8-16(12-14)22-19(20)21-13-15-7-4-10-23(2)18(15)17-9-5-11-24-17;/h3,5-6,8-9,11-12,15,18H,4,7,10,13H2,1-2H3,(H3,20,21,22);1H. The summed E-state index contributed by atoms with van der Waals surface area (Å²) in [6.45, 7) is 3.99. The van der Waals surface area contributed by atoms with E-state index in [4.69, 9.17) is 5.73 Å². The maximum Gasteiger partial charge on any atom is 0.193 e. The van der Waals surface area contributed by atoms with Crippen molar-refractivity contribution >= 4 is 47.0 Å². The van der Waals surface area contributed by atoms with Gasteiger partial charge in [-0.15, -0.1) is 35.3 Å². The van der Waals surface area contributed by atoms with E-state index in [1.54, 1.807) is 0 Å². The van der Waals surface area contributed by atoms with Crippen molar-refractivity contribution in [3.05, 3.63) is 52.2 Å². The van der Waals surface area contributed by atoms with Crippen molar-refractivity contribution < 1.29 is 0 Å². The van der Waals surface area contributed by atoms with E-state index in [1.807, 2.05) is 23.5 Å². The molecule has 3 rings (SSSR count). The van der Waals surface area contributed by atoms with Crippen LogP contribution in [0.4, 0.5) is 5.69 Å². The number of nitrogens with zero attached hydrogens (tertiary/aromatic N) is 2. The molecule has 6 heteroatoms. The van der Waals surface area contributed by atoms with E-state index >= 15 is 0 Å². The number of halogens is 1. The number of piperidine rings is 1. The number of aliphatic imine (C=N–C) groups is 1. The number of aryl methyl sites for hydroxylation is 1. The van der Waals surface area contributed by atoms with Crippen LogP contribution in [0, 0.1) is 12.8 Å². The molecule has 25 heavy (non-hydrogen) atoms. The lowest BCUT2D eigenvalue weighted by Gasteiger charge is -2.38. The lowest BCUT2D eigenvalue weighted by Crippen LogP contribution is -2.37. The van der Waals surface area contributed by atoms with Gasteiger partial charge in [0.15, 0.2) is 5.96 Å². The molecule has 0 bridgehead atoms. The van der Waals surface area contributed by atoms with Crippen LogP contribution in [-0.4, -0.2) is 31.0 Å². The van der Waals surface area contributed by atoms with Crippen molar-refractivity contribution in [2.24, 2.45) is 16.6 Å². The van der Waals surface area contributed by atoms with E-state index in [9.17, 15) is 0 Å². The lowest BCUT2D eigenvalue weighted by atomic mass is 9.88. The highest BCUT2D eigenvalue weighted by Crippen LogP contribution is 2.37. The van der Waals surface area contributed by atoms with Crippen molar-refractivity contribution in [3.63, 3.8) is 0 Å². The SMILES string of the molecule is Cc1cccc(NC(N)=NCC2CCCN(C)C2c2cccs2)c1.I. The van der Waals surface area contributed by atoms with Crippen LogP contribution in [0.15, 0.2) is 46.8 Å². The molecule has 2 aromatic rings. The number of benzene rings is 1. The molecular formula is C19H27IN4S. The molecule has 1 aliphatic heterocycles. The molecule has 2 unspecified atom stereocenters. The number of nitrogens with two attached hydrogens (primary N) is 1. The zero-order valence-electron chi connectivity index (χ0n) is 14.8. The van der Waals surface area contributed by atoms with Gasteiger partial charge in [0.05, 0.1) is 0 Å². The van der Waals surface area contributed by atoms with Crippen LogP contribution in [0.5, 0.6) is 0 Å². The summed E-state index contributed by atoms with van der Waals surface area (Å²) in [6.07, 6.45) is 2.43. The summed E-state index contributed by atoms with van der Waals surface area (Å²) < 4.78 is 0. The van der Waals surface area contributed by atoms with Gasteiger partial charge < -0.3 is 11.1 Å². The van der Waals surface area contributed by atoms with Gasteiger partial charge in [-0.05, 0) is 68.4 Å². The van der Waals surface area contributed by atoms with Gasteiger partial charge in [-0.2, -0.15) is 0 Å². The Balaban J connectivity index is 0.00000225. The molecule has 2 atom stereocenters. The second-order valence-corrected chi connectivity index (χ2v) is 7.54. The highest BCUT2D eigenvalue weighted by molar-refractivity contribution is 14.0. The van der Waals surface area contributed by atoms with Crippen LogP contribution in [0.1, 0.15) is 29.3 Å². The predicted molar refractivity (Wildman–Crippen MR) is 119 cm³/mol. The third-order valence-corrected chi connectivity index (χ3v) is 5.57. The molecule has 0 saturated carbocycles. The fraction of sp³-hybridized carbons (Fsp3) is 0.421. The first kappa shape index (κ1) is 20.2. The topological polar surface area (TPSA) is 53.6 Å². The molecule has 1 fully saturated rings. The predicted octanol–water partition coefficient (Wildman–Crippen LogP) is 4.48. The van der Waals surface area contributed by atoms with Gasteiger partial charge in [-0.1, -0.05) is 18.2 Å². The molecule has 1 aromatic carbocycles. The summed E-state index contributed by atoms with van der Waals surface area (Å²) in [4.78, 5) is 8.52. The van der Waals surface area contributed by atoms with Crippen molar-refractivity contribution in [1.82, 2.24) is 4.90 Å². The van der Waals surface area contributed by atoms with E-state index in [2.05, 4.69) is 58.8 Å². The lowest BCUT2D eigenvalue weighted by molar-refractivity contribution is 0.128.